The topological polar surface area (TPSA) is 92.5 Å². The van der Waals surface area contributed by atoms with Crippen LogP contribution >= 0.6 is 11.3 Å². The van der Waals surface area contributed by atoms with Crippen molar-refractivity contribution >= 4 is 33.1 Å². The molecule has 2 aromatic rings. The lowest BCUT2D eigenvalue weighted by atomic mass is 10.4. The summed E-state index contributed by atoms with van der Waals surface area (Å²) >= 11 is 1.20. The second kappa shape index (κ2) is 6.59. The summed E-state index contributed by atoms with van der Waals surface area (Å²) in [5.41, 5.74) is 0. The summed E-state index contributed by atoms with van der Waals surface area (Å²) in [5.74, 6) is 0.714. The zero-order chi connectivity index (χ0) is 16.3. The molecule has 9 heteroatoms. The first-order valence-electron chi connectivity index (χ1n) is 6.57. The van der Waals surface area contributed by atoms with Gasteiger partial charge in [-0.05, 0) is 26.0 Å². The van der Waals surface area contributed by atoms with E-state index < -0.39 is 10.0 Å². The molecule has 7 nitrogen and oxygen atoms in total. The Morgan fingerprint density at radius 1 is 1.41 bits per heavy atom. The smallest absolute Gasteiger partial charge is 0.250 e. The van der Waals surface area contributed by atoms with E-state index in [0.29, 0.717) is 11.6 Å². The van der Waals surface area contributed by atoms with Gasteiger partial charge in [0.1, 0.15) is 9.97 Å². The van der Waals surface area contributed by atoms with Gasteiger partial charge in [-0.2, -0.15) is 0 Å². The lowest BCUT2D eigenvalue weighted by molar-refractivity contribution is -0.116. The highest BCUT2D eigenvalue weighted by Crippen LogP contribution is 2.20. The molecular weight excluding hydrogens is 326 g/mol. The quantitative estimate of drug-likeness (QED) is 0.861. The number of hydrogen-bond donors (Lipinski definition) is 1. The Labute approximate surface area is 133 Å². The van der Waals surface area contributed by atoms with E-state index in [4.69, 9.17) is 4.52 Å². The largest absolute Gasteiger partial charge is 0.360 e. The summed E-state index contributed by atoms with van der Waals surface area (Å²) in [6.07, 6.45) is 0. The van der Waals surface area contributed by atoms with Gasteiger partial charge in [0, 0.05) is 31.0 Å². The van der Waals surface area contributed by atoms with Crippen LogP contribution in [-0.4, -0.2) is 32.6 Å². The van der Waals surface area contributed by atoms with E-state index in [1.807, 2.05) is 6.92 Å². The number of anilines is 1. The van der Waals surface area contributed by atoms with Crippen molar-refractivity contribution in [1.29, 1.82) is 0 Å². The summed E-state index contributed by atoms with van der Waals surface area (Å²) in [7, 11) is -3.55. The Kier molecular flexibility index (Phi) is 4.99. The van der Waals surface area contributed by atoms with Crippen molar-refractivity contribution in [2.75, 3.05) is 18.0 Å². The van der Waals surface area contributed by atoms with E-state index >= 15 is 0 Å². The first-order chi connectivity index (χ1) is 10.3. The number of carbonyl (C=O) groups is 1. The van der Waals surface area contributed by atoms with Gasteiger partial charge in [-0.25, -0.2) is 13.1 Å². The Hall–Kier alpha value is -1.71. The second-order valence-electron chi connectivity index (χ2n) is 4.73. The van der Waals surface area contributed by atoms with Crippen LogP contribution in [0.25, 0.3) is 0 Å². The number of amides is 1. The summed E-state index contributed by atoms with van der Waals surface area (Å²) in [5, 5.41) is 3.77. The molecule has 0 aliphatic rings. The predicted octanol–water partition coefficient (Wildman–Crippen LogP) is 1.68. The van der Waals surface area contributed by atoms with Gasteiger partial charge in [0.15, 0.2) is 5.82 Å². The molecule has 22 heavy (non-hydrogen) atoms. The Morgan fingerprint density at radius 2 is 2.14 bits per heavy atom. The lowest BCUT2D eigenvalue weighted by Crippen LogP contribution is -2.37. The molecule has 0 aromatic carbocycles. The molecule has 0 saturated carbocycles. The molecule has 0 bridgehead atoms. The van der Waals surface area contributed by atoms with Gasteiger partial charge in [0.05, 0.1) is 0 Å². The second-order valence-corrected chi connectivity index (χ2v) is 8.01. The molecule has 1 amide bonds. The Bertz CT molecular complexity index is 764. The van der Waals surface area contributed by atoms with Gasteiger partial charge in [-0.1, -0.05) is 5.16 Å². The van der Waals surface area contributed by atoms with Crippen LogP contribution in [0.1, 0.15) is 17.6 Å². The van der Waals surface area contributed by atoms with Gasteiger partial charge >= 0.3 is 0 Å². The Balaban J connectivity index is 2.00. The fourth-order valence-electron chi connectivity index (χ4n) is 1.83. The highest BCUT2D eigenvalue weighted by atomic mass is 32.2. The summed E-state index contributed by atoms with van der Waals surface area (Å²) in [4.78, 5) is 13.9. The van der Waals surface area contributed by atoms with E-state index in [2.05, 4.69) is 9.88 Å². The van der Waals surface area contributed by atoms with E-state index in [0.717, 1.165) is 4.88 Å². The maximum absolute atomic E-state index is 12.1. The van der Waals surface area contributed by atoms with Crippen molar-refractivity contribution in [3.63, 3.8) is 0 Å². The van der Waals surface area contributed by atoms with Crippen LogP contribution in [0.2, 0.25) is 0 Å². The third kappa shape index (κ3) is 3.93. The van der Waals surface area contributed by atoms with Crippen LogP contribution in [0.3, 0.4) is 0 Å². The zero-order valence-corrected chi connectivity index (χ0v) is 14.1. The number of aromatic nitrogens is 1. The third-order valence-corrected chi connectivity index (χ3v) is 5.83. The van der Waals surface area contributed by atoms with E-state index in [9.17, 15) is 13.2 Å². The molecule has 0 aliphatic heterocycles. The van der Waals surface area contributed by atoms with Gasteiger partial charge < -0.3 is 4.52 Å². The van der Waals surface area contributed by atoms with E-state index in [1.54, 1.807) is 25.1 Å². The fourth-order valence-corrected chi connectivity index (χ4v) is 4.18. The fraction of sp³-hybridized carbons (Fsp3) is 0.385. The zero-order valence-electron chi connectivity index (χ0n) is 12.5. The standard InChI is InChI=1S/C13H17N3O4S2/c1-9-8-12(15-20-9)16(11(3)17)7-6-14-22(18,19)13-5-4-10(2)21-13/h4-5,8,14H,6-7H2,1-3H3. The van der Waals surface area contributed by atoms with Crippen molar-refractivity contribution in [3.8, 4) is 0 Å². The number of hydrogen-bond acceptors (Lipinski definition) is 6. The number of rotatable bonds is 6. The molecule has 2 aromatic heterocycles. The normalized spacial score (nSPS) is 11.6. The lowest BCUT2D eigenvalue weighted by Gasteiger charge is -2.17. The minimum atomic E-state index is -3.55. The maximum Gasteiger partial charge on any atom is 0.250 e. The number of aryl methyl sites for hydroxylation is 2. The van der Waals surface area contributed by atoms with Gasteiger partial charge in [-0.3, -0.25) is 9.69 Å². The summed E-state index contributed by atoms with van der Waals surface area (Å²) in [6, 6.07) is 4.93. The van der Waals surface area contributed by atoms with Crippen LogP contribution in [0.15, 0.2) is 26.9 Å². The number of sulfonamides is 1. The SMILES string of the molecule is CC(=O)N(CCNS(=O)(=O)c1ccc(C)s1)c1cc(C)on1. The number of nitrogens with one attached hydrogen (secondary N) is 1. The first kappa shape index (κ1) is 16.7. The molecule has 0 spiro atoms. The van der Waals surface area contributed by atoms with E-state index in [-0.39, 0.29) is 23.2 Å². The van der Waals surface area contributed by atoms with Gasteiger partial charge in [0.25, 0.3) is 0 Å². The van der Waals surface area contributed by atoms with E-state index in [1.165, 1.54) is 23.2 Å². The highest BCUT2D eigenvalue weighted by molar-refractivity contribution is 7.91. The Morgan fingerprint density at radius 3 is 2.64 bits per heavy atom. The van der Waals surface area contributed by atoms with Crippen molar-refractivity contribution in [2.24, 2.45) is 0 Å². The molecule has 2 rings (SSSR count). The minimum absolute atomic E-state index is 0.0881. The average Bonchev–Trinajstić information content (AvgIpc) is 3.03. The molecule has 120 valence electrons. The summed E-state index contributed by atoms with van der Waals surface area (Å²) in [6.45, 7) is 5.21. The van der Waals surface area contributed by atoms with Crippen LogP contribution in [0.4, 0.5) is 5.82 Å². The maximum atomic E-state index is 12.1. The first-order valence-corrected chi connectivity index (χ1v) is 8.87. The molecule has 0 aliphatic carbocycles. The van der Waals surface area contributed by atoms with Crippen LogP contribution in [-0.2, 0) is 14.8 Å². The highest BCUT2D eigenvalue weighted by Gasteiger charge is 2.19. The van der Waals surface area contributed by atoms with Crippen molar-refractivity contribution in [2.45, 2.75) is 25.0 Å². The molecule has 0 atom stereocenters. The number of carbonyl (C=O) groups excluding carboxylic acids is 1. The molecule has 0 saturated heterocycles. The van der Waals surface area contributed by atoms with Crippen LogP contribution in [0.5, 0.6) is 0 Å². The molecule has 2 heterocycles. The predicted molar refractivity (Wildman–Crippen MR) is 83.5 cm³/mol. The molecule has 0 unspecified atom stereocenters. The number of nitrogens with zero attached hydrogens (tertiary/aromatic N) is 2. The monoisotopic (exact) mass is 343 g/mol. The van der Waals surface area contributed by atoms with Crippen molar-refractivity contribution in [3.05, 3.63) is 28.8 Å². The van der Waals surface area contributed by atoms with Crippen molar-refractivity contribution < 1.29 is 17.7 Å². The molecule has 1 N–H and O–H groups in total. The van der Waals surface area contributed by atoms with Crippen molar-refractivity contribution in [1.82, 2.24) is 9.88 Å². The summed E-state index contributed by atoms with van der Waals surface area (Å²) < 4.78 is 31.9. The van der Waals surface area contributed by atoms with Crippen LogP contribution < -0.4 is 9.62 Å². The molecule has 0 radical (unpaired) electrons. The van der Waals surface area contributed by atoms with Gasteiger partial charge in [-0.15, -0.1) is 11.3 Å². The average molecular weight is 343 g/mol. The van der Waals surface area contributed by atoms with Crippen LogP contribution in [0, 0.1) is 13.8 Å². The molecule has 0 fully saturated rings. The molecular formula is C13H17N3O4S2. The van der Waals surface area contributed by atoms with Gasteiger partial charge in [0.2, 0.25) is 15.9 Å². The third-order valence-electron chi connectivity index (χ3n) is 2.88. The number of thiophene rings is 1. The minimum Gasteiger partial charge on any atom is -0.360 e.